The van der Waals surface area contributed by atoms with E-state index in [2.05, 4.69) is 20.9 Å². The number of hydrazine groups is 1. The Bertz CT molecular complexity index is 466. The molecule has 0 saturated heterocycles. The van der Waals surface area contributed by atoms with Gasteiger partial charge in [0.1, 0.15) is 12.0 Å². The number of nitrogens with two attached hydrogens (primary N) is 1. The summed E-state index contributed by atoms with van der Waals surface area (Å²) >= 11 is 0. The van der Waals surface area contributed by atoms with Crippen molar-refractivity contribution in [2.24, 2.45) is 10.8 Å². The monoisotopic (exact) mass is 231 g/mol. The Balaban J connectivity index is 1.99. The molecule has 0 aliphatic carbocycles. The fraction of sp³-hybridized carbons (Fsp3) is 0.0909. The van der Waals surface area contributed by atoms with Gasteiger partial charge in [-0.2, -0.15) is 0 Å². The van der Waals surface area contributed by atoms with Crippen LogP contribution in [0, 0.1) is 0 Å². The highest BCUT2D eigenvalue weighted by Gasteiger charge is 1.98. The fourth-order valence-corrected chi connectivity index (χ4v) is 1.26. The molecule has 88 valence electrons. The van der Waals surface area contributed by atoms with Crippen LogP contribution in [0.1, 0.15) is 5.69 Å². The molecule has 2 rings (SSSR count). The summed E-state index contributed by atoms with van der Waals surface area (Å²) in [6.07, 6.45) is 1.50. The van der Waals surface area contributed by atoms with Gasteiger partial charge < -0.3 is 9.84 Å². The Morgan fingerprint density at radius 2 is 2.12 bits per heavy atom. The van der Waals surface area contributed by atoms with Gasteiger partial charge in [0.25, 0.3) is 0 Å². The molecule has 17 heavy (non-hydrogen) atoms. The molecule has 1 aromatic heterocycles. The van der Waals surface area contributed by atoms with E-state index in [1.54, 1.807) is 6.07 Å². The molecule has 1 heterocycles. The largest absolute Gasteiger partial charge is 0.364 e. The molecule has 0 radical (unpaired) electrons. The summed E-state index contributed by atoms with van der Waals surface area (Å²) in [5, 5.41) is 6.80. The van der Waals surface area contributed by atoms with Gasteiger partial charge in [-0.3, -0.25) is 5.43 Å². The van der Waals surface area contributed by atoms with Crippen LogP contribution in [0.4, 0.5) is 5.69 Å². The molecule has 6 nitrogen and oxygen atoms in total. The number of nitrogens with zero attached hydrogens (tertiary/aromatic N) is 2. The molecule has 0 unspecified atom stereocenters. The lowest BCUT2D eigenvalue weighted by Crippen LogP contribution is -2.36. The van der Waals surface area contributed by atoms with Gasteiger partial charge in [0, 0.05) is 11.8 Å². The van der Waals surface area contributed by atoms with Crippen LogP contribution in [-0.4, -0.2) is 11.1 Å². The highest BCUT2D eigenvalue weighted by Crippen LogP contribution is 2.04. The van der Waals surface area contributed by atoms with Crippen molar-refractivity contribution < 1.29 is 4.52 Å². The Morgan fingerprint density at radius 3 is 2.76 bits per heavy atom. The second kappa shape index (κ2) is 5.66. The number of anilines is 1. The van der Waals surface area contributed by atoms with Gasteiger partial charge in [-0.05, 0) is 12.1 Å². The average molecular weight is 231 g/mol. The summed E-state index contributed by atoms with van der Waals surface area (Å²) in [7, 11) is 0. The Morgan fingerprint density at radius 1 is 1.29 bits per heavy atom. The Hall–Kier alpha value is -2.34. The van der Waals surface area contributed by atoms with E-state index < -0.39 is 0 Å². The second-order valence-corrected chi connectivity index (χ2v) is 3.29. The number of aromatic nitrogens is 1. The van der Waals surface area contributed by atoms with E-state index >= 15 is 0 Å². The molecule has 1 aromatic carbocycles. The first kappa shape index (κ1) is 11.2. The molecule has 0 fully saturated rings. The van der Waals surface area contributed by atoms with E-state index in [0.717, 1.165) is 11.4 Å². The maximum atomic E-state index is 5.37. The molecule has 2 aromatic rings. The number of rotatable bonds is 3. The Kier molecular flexibility index (Phi) is 3.72. The zero-order valence-electron chi connectivity index (χ0n) is 9.13. The molecule has 0 spiro atoms. The van der Waals surface area contributed by atoms with E-state index in [1.165, 1.54) is 6.26 Å². The number of benzene rings is 1. The van der Waals surface area contributed by atoms with Gasteiger partial charge in [-0.1, -0.05) is 23.4 Å². The third kappa shape index (κ3) is 3.32. The first-order valence-electron chi connectivity index (χ1n) is 5.11. The zero-order chi connectivity index (χ0) is 11.9. The van der Waals surface area contributed by atoms with Gasteiger partial charge in [-0.15, -0.1) is 0 Å². The molecule has 4 N–H and O–H groups in total. The predicted molar refractivity (Wildman–Crippen MR) is 65.0 cm³/mol. The van der Waals surface area contributed by atoms with Crippen molar-refractivity contribution in [2.75, 3.05) is 5.32 Å². The van der Waals surface area contributed by atoms with Crippen molar-refractivity contribution in [2.45, 2.75) is 6.54 Å². The smallest absolute Gasteiger partial charge is 0.210 e. The summed E-state index contributed by atoms with van der Waals surface area (Å²) in [5.41, 5.74) is 4.14. The summed E-state index contributed by atoms with van der Waals surface area (Å²) in [5.74, 6) is 5.84. The van der Waals surface area contributed by atoms with Gasteiger partial charge in [0.2, 0.25) is 5.96 Å². The van der Waals surface area contributed by atoms with Crippen molar-refractivity contribution in [3.63, 3.8) is 0 Å². The highest BCUT2D eigenvalue weighted by molar-refractivity contribution is 5.93. The van der Waals surface area contributed by atoms with Gasteiger partial charge in [-0.25, -0.2) is 10.8 Å². The first-order valence-corrected chi connectivity index (χ1v) is 5.11. The van der Waals surface area contributed by atoms with E-state index in [-0.39, 0.29) is 0 Å². The lowest BCUT2D eigenvalue weighted by Gasteiger charge is -2.08. The van der Waals surface area contributed by atoms with E-state index in [0.29, 0.717) is 12.5 Å². The van der Waals surface area contributed by atoms with Gasteiger partial charge >= 0.3 is 0 Å². The maximum Gasteiger partial charge on any atom is 0.210 e. The van der Waals surface area contributed by atoms with Crippen LogP contribution < -0.4 is 16.6 Å². The van der Waals surface area contributed by atoms with Crippen molar-refractivity contribution in [3.8, 4) is 0 Å². The number of para-hydroxylation sites is 1. The maximum absolute atomic E-state index is 5.37. The number of hydrogen-bond acceptors (Lipinski definition) is 4. The lowest BCUT2D eigenvalue weighted by atomic mass is 10.3. The normalized spacial score (nSPS) is 11.2. The lowest BCUT2D eigenvalue weighted by molar-refractivity contribution is 0.412. The molecule has 0 aliphatic heterocycles. The quantitative estimate of drug-likeness (QED) is 0.318. The number of guanidine groups is 1. The molecule has 0 saturated carbocycles. The average Bonchev–Trinajstić information content (AvgIpc) is 2.89. The van der Waals surface area contributed by atoms with Crippen molar-refractivity contribution >= 4 is 11.6 Å². The van der Waals surface area contributed by atoms with Crippen LogP contribution in [0.25, 0.3) is 0 Å². The minimum Gasteiger partial charge on any atom is -0.364 e. The fourth-order valence-electron chi connectivity index (χ4n) is 1.26. The summed E-state index contributed by atoms with van der Waals surface area (Å²) in [6.45, 7) is 0.399. The second-order valence-electron chi connectivity index (χ2n) is 3.29. The topological polar surface area (TPSA) is 88.5 Å². The summed E-state index contributed by atoms with van der Waals surface area (Å²) in [4.78, 5) is 4.23. The molecular weight excluding hydrogens is 218 g/mol. The van der Waals surface area contributed by atoms with Crippen molar-refractivity contribution in [1.82, 2.24) is 10.6 Å². The Labute approximate surface area is 98.5 Å². The van der Waals surface area contributed by atoms with Crippen LogP contribution in [0.15, 0.2) is 52.2 Å². The number of nitrogens with one attached hydrogen (secondary N) is 2. The minimum absolute atomic E-state index is 0.399. The summed E-state index contributed by atoms with van der Waals surface area (Å²) < 4.78 is 4.71. The van der Waals surface area contributed by atoms with Crippen LogP contribution in [0.2, 0.25) is 0 Å². The van der Waals surface area contributed by atoms with Gasteiger partial charge in [0.05, 0.1) is 6.54 Å². The molecule has 6 heteroatoms. The molecule has 0 aliphatic rings. The van der Waals surface area contributed by atoms with Gasteiger partial charge in [0.15, 0.2) is 0 Å². The highest BCUT2D eigenvalue weighted by atomic mass is 16.5. The van der Waals surface area contributed by atoms with E-state index in [1.807, 2.05) is 30.3 Å². The van der Waals surface area contributed by atoms with Crippen LogP contribution in [0.3, 0.4) is 0 Å². The predicted octanol–water partition coefficient (Wildman–Crippen LogP) is 1.11. The van der Waals surface area contributed by atoms with Crippen LogP contribution >= 0.6 is 0 Å². The number of hydrogen-bond donors (Lipinski definition) is 3. The number of aliphatic imine (C=N–C) groups is 1. The van der Waals surface area contributed by atoms with Crippen molar-refractivity contribution in [1.29, 1.82) is 0 Å². The summed E-state index contributed by atoms with van der Waals surface area (Å²) in [6, 6.07) is 11.4. The minimum atomic E-state index is 0.399. The van der Waals surface area contributed by atoms with E-state index in [9.17, 15) is 0 Å². The van der Waals surface area contributed by atoms with E-state index in [4.69, 9.17) is 10.4 Å². The van der Waals surface area contributed by atoms with Crippen LogP contribution in [0.5, 0.6) is 0 Å². The third-order valence-corrected chi connectivity index (χ3v) is 2.06. The molecular formula is C11H13N5O. The molecule has 0 bridgehead atoms. The standard InChI is InChI=1S/C11H13N5O/c12-15-11(13-8-10-6-7-17-16-10)14-9-4-2-1-3-5-9/h1-7H,8,12H2,(H2,13,14,15). The first-order chi connectivity index (χ1) is 8.38. The SMILES string of the molecule is NNC(=NCc1ccon1)Nc1ccccc1. The molecule has 0 amide bonds. The zero-order valence-corrected chi connectivity index (χ0v) is 9.13. The molecule has 0 atom stereocenters. The van der Waals surface area contributed by atoms with Crippen molar-refractivity contribution in [3.05, 3.63) is 48.4 Å². The third-order valence-electron chi connectivity index (χ3n) is 2.06. The van der Waals surface area contributed by atoms with Crippen LogP contribution in [-0.2, 0) is 6.54 Å².